The molecule has 1 unspecified atom stereocenters. The molecule has 116 valence electrons. The molecule has 0 fully saturated rings. The number of fused-ring (bicyclic) bond motifs is 2. The van der Waals surface area contributed by atoms with Gasteiger partial charge in [0.05, 0.1) is 23.7 Å². The van der Waals surface area contributed by atoms with Crippen molar-refractivity contribution in [1.82, 2.24) is 10.3 Å². The average Bonchev–Trinajstić information content (AvgIpc) is 2.97. The lowest BCUT2D eigenvalue weighted by Crippen LogP contribution is -2.37. The number of aryl methyl sites for hydroxylation is 1. The predicted octanol–water partition coefficient (Wildman–Crippen LogP) is 2.88. The monoisotopic (exact) mass is 318 g/mol. The third kappa shape index (κ3) is 2.69. The van der Waals surface area contributed by atoms with Crippen LogP contribution in [-0.2, 0) is 12.8 Å². The summed E-state index contributed by atoms with van der Waals surface area (Å²) in [6.45, 7) is 1.88. The van der Waals surface area contributed by atoms with Gasteiger partial charge < -0.3 is 10.4 Å². The molecule has 0 saturated heterocycles. The summed E-state index contributed by atoms with van der Waals surface area (Å²) < 4.78 is 0. The highest BCUT2D eigenvalue weighted by atomic mass is 35.5. The van der Waals surface area contributed by atoms with Crippen molar-refractivity contribution in [2.45, 2.75) is 38.6 Å². The van der Waals surface area contributed by atoms with Crippen LogP contribution in [0.15, 0.2) is 18.2 Å². The minimum absolute atomic E-state index is 0.0613. The minimum Gasteiger partial charge on any atom is -0.394 e. The first-order chi connectivity index (χ1) is 10.6. The maximum Gasteiger partial charge on any atom is 0.252 e. The molecule has 0 saturated carbocycles. The van der Waals surface area contributed by atoms with E-state index in [1.807, 2.05) is 13.0 Å². The number of amides is 1. The van der Waals surface area contributed by atoms with Gasteiger partial charge in [0.25, 0.3) is 5.91 Å². The predicted molar refractivity (Wildman–Crippen MR) is 87.4 cm³/mol. The largest absolute Gasteiger partial charge is 0.394 e. The van der Waals surface area contributed by atoms with Gasteiger partial charge in [-0.15, -0.1) is 0 Å². The highest BCUT2D eigenvalue weighted by Crippen LogP contribution is 2.31. The summed E-state index contributed by atoms with van der Waals surface area (Å²) >= 11 is 6.11. The number of aromatic nitrogens is 1. The van der Waals surface area contributed by atoms with Crippen LogP contribution in [0.4, 0.5) is 0 Å². The zero-order chi connectivity index (χ0) is 15.7. The summed E-state index contributed by atoms with van der Waals surface area (Å²) in [6, 6.07) is 5.22. The van der Waals surface area contributed by atoms with E-state index in [2.05, 4.69) is 10.3 Å². The van der Waals surface area contributed by atoms with E-state index in [0.717, 1.165) is 41.4 Å². The third-order valence-electron chi connectivity index (χ3n) is 4.25. The molecule has 5 heteroatoms. The van der Waals surface area contributed by atoms with Crippen molar-refractivity contribution in [3.05, 3.63) is 40.0 Å². The number of aliphatic hydroxyl groups is 1. The highest BCUT2D eigenvalue weighted by Gasteiger charge is 2.24. The van der Waals surface area contributed by atoms with Gasteiger partial charge in [0.1, 0.15) is 0 Å². The summed E-state index contributed by atoms with van der Waals surface area (Å²) in [5, 5.41) is 13.6. The van der Waals surface area contributed by atoms with Crippen LogP contribution in [0.5, 0.6) is 0 Å². The number of hydrogen-bond acceptors (Lipinski definition) is 3. The SMILES string of the molecule is CCC(CO)NC(=O)c1c2c(nc3ccc(Cl)cc13)CCC2. The molecular formula is C17H19ClN2O2. The van der Waals surface area contributed by atoms with Gasteiger partial charge >= 0.3 is 0 Å². The Kier molecular flexibility index (Phi) is 4.32. The third-order valence-corrected chi connectivity index (χ3v) is 4.48. The summed E-state index contributed by atoms with van der Waals surface area (Å²) in [6.07, 6.45) is 3.48. The number of nitrogens with zero attached hydrogens (tertiary/aromatic N) is 1. The number of rotatable bonds is 4. The Hall–Kier alpha value is -1.65. The van der Waals surface area contributed by atoms with Crippen LogP contribution in [0.2, 0.25) is 5.02 Å². The summed E-state index contributed by atoms with van der Waals surface area (Å²) in [5.74, 6) is -0.145. The van der Waals surface area contributed by atoms with E-state index in [4.69, 9.17) is 11.6 Å². The molecule has 0 aliphatic heterocycles. The lowest BCUT2D eigenvalue weighted by atomic mass is 10.00. The minimum atomic E-state index is -0.230. The van der Waals surface area contributed by atoms with Crippen molar-refractivity contribution in [3.8, 4) is 0 Å². The van der Waals surface area contributed by atoms with Gasteiger partial charge in [0, 0.05) is 16.1 Å². The van der Waals surface area contributed by atoms with Gasteiger partial charge in [-0.05, 0) is 49.4 Å². The van der Waals surface area contributed by atoms with Crippen LogP contribution in [0.25, 0.3) is 10.9 Å². The first kappa shape index (κ1) is 15.3. The highest BCUT2D eigenvalue weighted by molar-refractivity contribution is 6.31. The van der Waals surface area contributed by atoms with Crippen LogP contribution >= 0.6 is 11.6 Å². The first-order valence-corrected chi connectivity index (χ1v) is 8.04. The maximum absolute atomic E-state index is 12.8. The molecule has 2 N–H and O–H groups in total. The molecule has 1 aliphatic rings. The standard InChI is InChI=1S/C17H19ClN2O2/c1-2-11(9-21)19-17(22)16-12-4-3-5-14(12)20-15-7-6-10(18)8-13(15)16/h6-8,11,21H,2-5,9H2,1H3,(H,19,22). The Morgan fingerprint density at radius 1 is 1.45 bits per heavy atom. The lowest BCUT2D eigenvalue weighted by molar-refractivity contribution is 0.0915. The van der Waals surface area contributed by atoms with Gasteiger partial charge in [-0.1, -0.05) is 18.5 Å². The van der Waals surface area contributed by atoms with E-state index >= 15 is 0 Å². The molecule has 0 spiro atoms. The quantitative estimate of drug-likeness (QED) is 0.911. The Balaban J connectivity index is 2.14. The van der Waals surface area contributed by atoms with Gasteiger partial charge in [-0.25, -0.2) is 0 Å². The molecule has 1 heterocycles. The fraction of sp³-hybridized carbons (Fsp3) is 0.412. The molecule has 3 rings (SSSR count). The molecule has 0 bridgehead atoms. The van der Waals surface area contributed by atoms with Gasteiger partial charge in [0.15, 0.2) is 0 Å². The number of nitrogens with one attached hydrogen (secondary N) is 1. The Morgan fingerprint density at radius 3 is 3.00 bits per heavy atom. The molecule has 1 amide bonds. The van der Waals surface area contributed by atoms with Crippen molar-refractivity contribution in [2.75, 3.05) is 6.61 Å². The molecule has 1 atom stereocenters. The summed E-state index contributed by atoms with van der Waals surface area (Å²) in [4.78, 5) is 17.4. The molecule has 4 nitrogen and oxygen atoms in total. The molecule has 0 radical (unpaired) electrons. The van der Waals surface area contributed by atoms with Crippen LogP contribution in [0, 0.1) is 0 Å². The number of carbonyl (C=O) groups is 1. The second-order valence-corrected chi connectivity index (χ2v) is 6.12. The van der Waals surface area contributed by atoms with Crippen molar-refractivity contribution in [1.29, 1.82) is 0 Å². The van der Waals surface area contributed by atoms with E-state index in [-0.39, 0.29) is 18.6 Å². The number of benzene rings is 1. The molecule has 2 aromatic rings. The number of aliphatic hydroxyl groups excluding tert-OH is 1. The molecular weight excluding hydrogens is 300 g/mol. The smallest absolute Gasteiger partial charge is 0.252 e. The van der Waals surface area contributed by atoms with E-state index < -0.39 is 0 Å². The molecule has 1 aromatic heterocycles. The molecule has 22 heavy (non-hydrogen) atoms. The fourth-order valence-electron chi connectivity index (χ4n) is 3.03. The second kappa shape index (κ2) is 6.23. The Labute approximate surface area is 134 Å². The number of pyridine rings is 1. The number of hydrogen-bond donors (Lipinski definition) is 2. The lowest BCUT2D eigenvalue weighted by Gasteiger charge is -2.17. The van der Waals surface area contributed by atoms with E-state index in [0.29, 0.717) is 17.0 Å². The zero-order valence-electron chi connectivity index (χ0n) is 12.5. The normalized spacial score (nSPS) is 14.9. The van der Waals surface area contributed by atoms with Crippen LogP contribution in [0.1, 0.15) is 41.4 Å². The zero-order valence-corrected chi connectivity index (χ0v) is 13.3. The van der Waals surface area contributed by atoms with E-state index in [1.165, 1.54) is 0 Å². The van der Waals surface area contributed by atoms with Crippen molar-refractivity contribution >= 4 is 28.4 Å². The van der Waals surface area contributed by atoms with Gasteiger partial charge in [-0.3, -0.25) is 9.78 Å². The maximum atomic E-state index is 12.8. The fourth-order valence-corrected chi connectivity index (χ4v) is 3.20. The van der Waals surface area contributed by atoms with Crippen molar-refractivity contribution in [3.63, 3.8) is 0 Å². The second-order valence-electron chi connectivity index (χ2n) is 5.69. The Bertz CT molecular complexity index is 726. The van der Waals surface area contributed by atoms with Crippen molar-refractivity contribution < 1.29 is 9.90 Å². The Morgan fingerprint density at radius 2 is 2.27 bits per heavy atom. The van der Waals surface area contributed by atoms with Crippen molar-refractivity contribution in [2.24, 2.45) is 0 Å². The molecule has 1 aromatic carbocycles. The average molecular weight is 319 g/mol. The van der Waals surface area contributed by atoms with Gasteiger partial charge in [-0.2, -0.15) is 0 Å². The summed E-state index contributed by atoms with van der Waals surface area (Å²) in [5.41, 5.74) is 3.51. The van der Waals surface area contributed by atoms with Crippen LogP contribution in [-0.4, -0.2) is 28.6 Å². The topological polar surface area (TPSA) is 62.2 Å². The number of halogens is 1. The molecule has 1 aliphatic carbocycles. The van der Waals surface area contributed by atoms with Crippen LogP contribution < -0.4 is 5.32 Å². The van der Waals surface area contributed by atoms with E-state index in [9.17, 15) is 9.90 Å². The first-order valence-electron chi connectivity index (χ1n) is 7.66. The summed E-state index contributed by atoms with van der Waals surface area (Å²) in [7, 11) is 0. The van der Waals surface area contributed by atoms with Gasteiger partial charge in [0.2, 0.25) is 0 Å². The van der Waals surface area contributed by atoms with Crippen LogP contribution in [0.3, 0.4) is 0 Å². The number of carbonyl (C=O) groups excluding carboxylic acids is 1. The van der Waals surface area contributed by atoms with E-state index in [1.54, 1.807) is 12.1 Å².